The van der Waals surface area contributed by atoms with Crippen molar-refractivity contribution in [2.45, 2.75) is 26.9 Å². The van der Waals surface area contributed by atoms with E-state index in [2.05, 4.69) is 4.58 Å². The van der Waals surface area contributed by atoms with Gasteiger partial charge in [-0.1, -0.05) is 18.5 Å². The molecule has 20 heavy (non-hydrogen) atoms. The smallest absolute Gasteiger partial charge is 0.120 e. The van der Waals surface area contributed by atoms with Crippen LogP contribution in [-0.4, -0.2) is 35.2 Å². The summed E-state index contributed by atoms with van der Waals surface area (Å²) in [5.74, 6) is 0.674. The van der Waals surface area contributed by atoms with Crippen LogP contribution in [0.3, 0.4) is 0 Å². The zero-order valence-electron chi connectivity index (χ0n) is 11.8. The molecule has 1 N–H and O–H groups in total. The summed E-state index contributed by atoms with van der Waals surface area (Å²) in [4.78, 5) is 10.2. The Bertz CT molecular complexity index is 436. The van der Waals surface area contributed by atoms with Crippen LogP contribution in [0.5, 0.6) is 5.75 Å². The zero-order chi connectivity index (χ0) is 15.1. The molecule has 0 aliphatic heterocycles. The van der Waals surface area contributed by atoms with Crippen molar-refractivity contribution in [3.63, 3.8) is 0 Å². The van der Waals surface area contributed by atoms with Crippen molar-refractivity contribution < 1.29 is 9.84 Å². The summed E-state index contributed by atoms with van der Waals surface area (Å²) >= 11 is 6.88. The van der Waals surface area contributed by atoms with E-state index in [9.17, 15) is 10.0 Å². The lowest BCUT2D eigenvalue weighted by Crippen LogP contribution is -2.31. The monoisotopic (exact) mass is 318 g/mol. The van der Waals surface area contributed by atoms with Crippen molar-refractivity contribution in [3.8, 4) is 5.75 Å². The van der Waals surface area contributed by atoms with Gasteiger partial charge >= 0.3 is 0 Å². The minimum atomic E-state index is -0.694. The largest absolute Gasteiger partial charge is 0.491 e. The molecule has 1 aromatic rings. The summed E-state index contributed by atoms with van der Waals surface area (Å²) in [6.07, 6.45) is -0.694. The first-order valence-electron chi connectivity index (χ1n) is 6.30. The van der Waals surface area contributed by atoms with Gasteiger partial charge in [0.25, 0.3) is 0 Å². The molecular weight excluding hydrogens is 300 g/mol. The molecule has 0 aromatic heterocycles. The first-order valence-corrected chi connectivity index (χ1v) is 7.41. The second kappa shape index (κ2) is 8.46. The molecule has 0 aliphatic rings. The van der Waals surface area contributed by atoms with E-state index in [0.717, 1.165) is 28.3 Å². The molecule has 0 amide bonds. The van der Waals surface area contributed by atoms with Crippen molar-refractivity contribution >= 4 is 23.7 Å². The average Bonchev–Trinajstić information content (AvgIpc) is 2.41. The Morgan fingerprint density at radius 2 is 2.05 bits per heavy atom. The van der Waals surface area contributed by atoms with Gasteiger partial charge in [-0.2, -0.15) is 0 Å². The highest BCUT2D eigenvalue weighted by atomic mass is 35.5. The molecule has 1 rings (SSSR count). The van der Waals surface area contributed by atoms with Crippen molar-refractivity contribution in [1.82, 2.24) is 4.31 Å². The van der Waals surface area contributed by atoms with E-state index in [-0.39, 0.29) is 6.61 Å². The Balaban J connectivity index is 2.52. The SMILES string of the molecule is CCN(CC(O)COc1cc(C)c(Cl)c(C)c1)SN=O. The lowest BCUT2D eigenvalue weighted by atomic mass is 10.1. The number of ether oxygens (including phenoxy) is 1. The molecule has 0 bridgehead atoms. The van der Waals surface area contributed by atoms with Crippen molar-refractivity contribution in [2.75, 3.05) is 19.7 Å². The minimum absolute atomic E-state index is 0.149. The number of likely N-dealkylation sites (N-methyl/N-ethyl adjacent to an activating group) is 1. The number of hydrogen-bond donors (Lipinski definition) is 1. The molecular formula is C13H19ClN2O3S. The number of aliphatic hydroxyl groups excluding tert-OH is 1. The number of nitrogens with zero attached hydrogens (tertiary/aromatic N) is 2. The van der Waals surface area contributed by atoms with Crippen LogP contribution in [0.15, 0.2) is 16.7 Å². The van der Waals surface area contributed by atoms with Crippen LogP contribution in [0.25, 0.3) is 0 Å². The van der Waals surface area contributed by atoms with Crippen LogP contribution >= 0.6 is 23.7 Å². The van der Waals surface area contributed by atoms with Crippen molar-refractivity contribution in [1.29, 1.82) is 0 Å². The van der Waals surface area contributed by atoms with Crippen LogP contribution in [0, 0.1) is 18.8 Å². The molecule has 0 spiro atoms. The van der Waals surface area contributed by atoms with Crippen LogP contribution in [0.1, 0.15) is 18.1 Å². The number of rotatable bonds is 8. The van der Waals surface area contributed by atoms with Gasteiger partial charge in [0, 0.05) is 22.7 Å². The third-order valence-electron chi connectivity index (χ3n) is 2.77. The highest BCUT2D eigenvalue weighted by Gasteiger charge is 2.13. The maximum Gasteiger partial charge on any atom is 0.120 e. The number of benzene rings is 1. The second-order valence-electron chi connectivity index (χ2n) is 4.47. The van der Waals surface area contributed by atoms with E-state index < -0.39 is 6.10 Å². The molecule has 5 nitrogen and oxygen atoms in total. The molecule has 0 aliphatic carbocycles. The van der Waals surface area contributed by atoms with Gasteiger partial charge in [0.2, 0.25) is 0 Å². The molecule has 1 atom stereocenters. The fourth-order valence-electron chi connectivity index (χ4n) is 1.74. The molecule has 0 heterocycles. The maximum absolute atomic E-state index is 10.2. The fourth-order valence-corrected chi connectivity index (χ4v) is 2.29. The van der Waals surface area contributed by atoms with Gasteiger partial charge in [0.15, 0.2) is 0 Å². The Labute approximate surface area is 128 Å². The van der Waals surface area contributed by atoms with Gasteiger partial charge in [0.1, 0.15) is 30.6 Å². The Morgan fingerprint density at radius 1 is 1.45 bits per heavy atom. The number of aryl methyl sites for hydroxylation is 2. The van der Waals surface area contributed by atoms with E-state index in [1.54, 1.807) is 4.31 Å². The maximum atomic E-state index is 10.2. The highest BCUT2D eigenvalue weighted by molar-refractivity contribution is 7.95. The normalized spacial score (nSPS) is 12.5. The molecule has 112 valence electrons. The van der Waals surface area contributed by atoms with Gasteiger partial charge in [-0.25, -0.2) is 4.31 Å². The number of hydrogen-bond acceptors (Lipinski definition) is 6. The van der Waals surface area contributed by atoms with Crippen molar-refractivity contribution in [3.05, 3.63) is 33.2 Å². The number of aliphatic hydroxyl groups is 1. The highest BCUT2D eigenvalue weighted by Crippen LogP contribution is 2.26. The van der Waals surface area contributed by atoms with E-state index in [1.807, 2.05) is 32.9 Å². The topological polar surface area (TPSA) is 62.1 Å². The summed E-state index contributed by atoms with van der Waals surface area (Å²) in [6.45, 7) is 6.78. The summed E-state index contributed by atoms with van der Waals surface area (Å²) < 4.78 is 9.96. The summed E-state index contributed by atoms with van der Waals surface area (Å²) in [5.41, 5.74) is 1.87. The van der Waals surface area contributed by atoms with Gasteiger partial charge in [-0.05, 0) is 37.1 Å². The quantitative estimate of drug-likeness (QED) is 0.588. The van der Waals surface area contributed by atoms with E-state index >= 15 is 0 Å². The predicted octanol–water partition coefficient (Wildman–Crippen LogP) is 3.35. The Morgan fingerprint density at radius 3 is 2.55 bits per heavy atom. The molecule has 0 saturated carbocycles. The van der Waals surface area contributed by atoms with Gasteiger partial charge in [-0.3, -0.25) is 0 Å². The predicted molar refractivity (Wildman–Crippen MR) is 83.1 cm³/mol. The fraction of sp³-hybridized carbons (Fsp3) is 0.538. The Kier molecular flexibility index (Phi) is 7.29. The first kappa shape index (κ1) is 17.2. The minimum Gasteiger partial charge on any atom is -0.491 e. The van der Waals surface area contributed by atoms with E-state index in [0.29, 0.717) is 18.8 Å². The molecule has 1 unspecified atom stereocenters. The van der Waals surface area contributed by atoms with Crippen LogP contribution < -0.4 is 4.74 Å². The van der Waals surface area contributed by atoms with Gasteiger partial charge in [-0.15, -0.1) is 4.91 Å². The average molecular weight is 319 g/mol. The van der Waals surface area contributed by atoms with Gasteiger partial charge in [0.05, 0.1) is 0 Å². The summed E-state index contributed by atoms with van der Waals surface area (Å²) in [5, 5.41) is 10.6. The van der Waals surface area contributed by atoms with Gasteiger partial charge < -0.3 is 9.84 Å². The molecule has 7 heteroatoms. The third-order valence-corrected chi connectivity index (χ3v) is 4.07. The van der Waals surface area contributed by atoms with Crippen LogP contribution in [0.2, 0.25) is 5.02 Å². The number of halogens is 1. The summed E-state index contributed by atoms with van der Waals surface area (Å²) in [7, 11) is 0. The van der Waals surface area contributed by atoms with Crippen LogP contribution in [-0.2, 0) is 0 Å². The van der Waals surface area contributed by atoms with Crippen LogP contribution in [0.4, 0.5) is 0 Å². The van der Waals surface area contributed by atoms with Crippen molar-refractivity contribution in [2.24, 2.45) is 4.58 Å². The zero-order valence-corrected chi connectivity index (χ0v) is 13.4. The Hall–Kier alpha value is -0.820. The molecule has 0 saturated heterocycles. The van der Waals surface area contributed by atoms with E-state index in [1.165, 1.54) is 0 Å². The first-order chi connectivity index (χ1) is 9.47. The molecule has 0 radical (unpaired) electrons. The number of nitroso groups, excluding NO2 is 1. The molecule has 0 fully saturated rings. The molecule has 1 aromatic carbocycles. The lowest BCUT2D eigenvalue weighted by Gasteiger charge is -2.19. The standard InChI is InChI=1S/C13H19ClN2O3S/c1-4-16(20-15-18)7-11(17)8-19-12-5-9(2)13(14)10(3)6-12/h5-6,11,17H,4,7-8H2,1-3H3. The van der Waals surface area contributed by atoms with E-state index in [4.69, 9.17) is 16.3 Å². The third kappa shape index (κ3) is 5.28. The summed E-state index contributed by atoms with van der Waals surface area (Å²) in [6, 6.07) is 3.67. The lowest BCUT2D eigenvalue weighted by molar-refractivity contribution is 0.0924. The second-order valence-corrected chi connectivity index (χ2v) is 5.68.